The van der Waals surface area contributed by atoms with Crippen LogP contribution in [0.15, 0.2) is 29.2 Å². The highest BCUT2D eigenvalue weighted by molar-refractivity contribution is 7.89. The van der Waals surface area contributed by atoms with E-state index in [-0.39, 0.29) is 15.9 Å². The summed E-state index contributed by atoms with van der Waals surface area (Å²) in [5.41, 5.74) is 6.09. The predicted molar refractivity (Wildman–Crippen MR) is 79.5 cm³/mol. The maximum Gasteiger partial charge on any atom is 0.240 e. The van der Waals surface area contributed by atoms with Gasteiger partial charge in [-0.15, -0.1) is 0 Å². The number of sulfonamides is 1. The molecular formula is C13H18N2O2S2. The van der Waals surface area contributed by atoms with Gasteiger partial charge in [-0.25, -0.2) is 13.1 Å². The molecule has 104 valence electrons. The van der Waals surface area contributed by atoms with Gasteiger partial charge in [0, 0.05) is 11.6 Å². The third kappa shape index (κ3) is 3.52. The topological polar surface area (TPSA) is 72.2 Å². The quantitative estimate of drug-likeness (QED) is 0.831. The summed E-state index contributed by atoms with van der Waals surface area (Å²) in [6.07, 6.45) is 2.86. The first-order valence-corrected chi connectivity index (χ1v) is 8.20. The lowest BCUT2D eigenvalue weighted by molar-refractivity contribution is 0.538. The zero-order valence-corrected chi connectivity index (χ0v) is 12.4. The van der Waals surface area contributed by atoms with Gasteiger partial charge in [-0.2, -0.15) is 0 Å². The summed E-state index contributed by atoms with van der Waals surface area (Å²) in [7, 11) is -3.49. The van der Waals surface area contributed by atoms with Crippen molar-refractivity contribution in [2.75, 3.05) is 0 Å². The van der Waals surface area contributed by atoms with Crippen molar-refractivity contribution >= 4 is 27.2 Å². The second-order valence-corrected chi connectivity index (χ2v) is 7.28. The smallest absolute Gasteiger partial charge is 0.240 e. The molecule has 0 spiro atoms. The highest BCUT2D eigenvalue weighted by Crippen LogP contribution is 2.26. The van der Waals surface area contributed by atoms with E-state index in [0.29, 0.717) is 11.5 Å². The second-order valence-electron chi connectivity index (χ2n) is 5.13. The fourth-order valence-electron chi connectivity index (χ4n) is 2.42. The summed E-state index contributed by atoms with van der Waals surface area (Å²) in [6.45, 7) is 2.14. The normalized spacial score (nSPS) is 23.4. The van der Waals surface area contributed by atoms with E-state index in [0.717, 1.165) is 19.3 Å². The average molecular weight is 298 g/mol. The molecule has 2 atom stereocenters. The van der Waals surface area contributed by atoms with Crippen LogP contribution >= 0.6 is 12.2 Å². The van der Waals surface area contributed by atoms with E-state index >= 15 is 0 Å². The molecular weight excluding hydrogens is 280 g/mol. The van der Waals surface area contributed by atoms with Crippen molar-refractivity contribution in [1.29, 1.82) is 0 Å². The number of rotatable bonds is 4. The van der Waals surface area contributed by atoms with Crippen LogP contribution in [0.5, 0.6) is 0 Å². The molecule has 3 N–H and O–H groups in total. The number of thiocarbonyl (C=S) groups is 1. The number of nitrogens with two attached hydrogens (primary N) is 1. The monoisotopic (exact) mass is 298 g/mol. The van der Waals surface area contributed by atoms with Gasteiger partial charge < -0.3 is 5.73 Å². The van der Waals surface area contributed by atoms with Crippen molar-refractivity contribution in [2.45, 2.75) is 37.1 Å². The Morgan fingerprint density at radius 1 is 1.42 bits per heavy atom. The van der Waals surface area contributed by atoms with E-state index in [1.165, 1.54) is 6.07 Å². The summed E-state index contributed by atoms with van der Waals surface area (Å²) in [4.78, 5) is 0.420. The molecule has 0 aromatic heterocycles. The average Bonchev–Trinajstić information content (AvgIpc) is 2.74. The van der Waals surface area contributed by atoms with Gasteiger partial charge >= 0.3 is 0 Å². The van der Waals surface area contributed by atoms with Gasteiger partial charge in [-0.1, -0.05) is 31.3 Å². The molecule has 0 amide bonds. The Morgan fingerprint density at radius 2 is 2.16 bits per heavy atom. The fourth-order valence-corrected chi connectivity index (χ4v) is 3.87. The number of hydrogen-bond donors (Lipinski definition) is 2. The largest absolute Gasteiger partial charge is 0.389 e. The molecule has 2 unspecified atom stereocenters. The van der Waals surface area contributed by atoms with Crippen molar-refractivity contribution in [3.8, 4) is 0 Å². The van der Waals surface area contributed by atoms with Crippen LogP contribution in [-0.4, -0.2) is 19.4 Å². The lowest BCUT2D eigenvalue weighted by Gasteiger charge is -2.13. The Hall–Kier alpha value is -0.980. The summed E-state index contributed by atoms with van der Waals surface area (Å²) in [6, 6.07) is 6.47. The molecule has 19 heavy (non-hydrogen) atoms. The molecule has 1 saturated carbocycles. The molecule has 4 nitrogen and oxygen atoms in total. The van der Waals surface area contributed by atoms with Crippen LogP contribution in [0.3, 0.4) is 0 Å². The van der Waals surface area contributed by atoms with Crippen molar-refractivity contribution in [3.05, 3.63) is 29.8 Å². The minimum atomic E-state index is -3.49. The third-order valence-electron chi connectivity index (χ3n) is 3.45. The van der Waals surface area contributed by atoms with E-state index in [2.05, 4.69) is 11.6 Å². The Balaban J connectivity index is 2.19. The van der Waals surface area contributed by atoms with Gasteiger partial charge in [-0.05, 0) is 37.3 Å². The highest BCUT2D eigenvalue weighted by atomic mass is 32.2. The molecule has 2 rings (SSSR count). The summed E-state index contributed by atoms with van der Waals surface area (Å²) in [5.74, 6) is 0.579. The van der Waals surface area contributed by atoms with Gasteiger partial charge in [0.25, 0.3) is 0 Å². The Bertz CT molecular complexity index is 584. The molecule has 0 radical (unpaired) electrons. The van der Waals surface area contributed by atoms with E-state index in [9.17, 15) is 8.42 Å². The van der Waals surface area contributed by atoms with Crippen LogP contribution in [0.2, 0.25) is 0 Å². The van der Waals surface area contributed by atoms with Crippen LogP contribution in [0.4, 0.5) is 0 Å². The van der Waals surface area contributed by atoms with E-state index < -0.39 is 10.0 Å². The van der Waals surface area contributed by atoms with Crippen molar-refractivity contribution < 1.29 is 8.42 Å². The van der Waals surface area contributed by atoms with Crippen molar-refractivity contribution in [2.24, 2.45) is 11.7 Å². The van der Waals surface area contributed by atoms with Gasteiger partial charge in [-0.3, -0.25) is 0 Å². The van der Waals surface area contributed by atoms with E-state index in [1.54, 1.807) is 18.2 Å². The van der Waals surface area contributed by atoms with Gasteiger partial charge in [0.05, 0.1) is 4.90 Å². The van der Waals surface area contributed by atoms with E-state index in [4.69, 9.17) is 18.0 Å². The van der Waals surface area contributed by atoms with Crippen molar-refractivity contribution in [1.82, 2.24) is 4.72 Å². The molecule has 1 aliphatic carbocycles. The van der Waals surface area contributed by atoms with Gasteiger partial charge in [0.1, 0.15) is 4.99 Å². The lowest BCUT2D eigenvalue weighted by Crippen LogP contribution is -2.33. The first kappa shape index (κ1) is 14.4. The highest BCUT2D eigenvalue weighted by Gasteiger charge is 2.26. The minimum Gasteiger partial charge on any atom is -0.389 e. The summed E-state index contributed by atoms with van der Waals surface area (Å²) in [5, 5.41) is 0. The first-order chi connectivity index (χ1) is 8.88. The molecule has 1 fully saturated rings. The van der Waals surface area contributed by atoms with Crippen LogP contribution in [0, 0.1) is 5.92 Å². The summed E-state index contributed by atoms with van der Waals surface area (Å²) < 4.78 is 27.3. The lowest BCUT2D eigenvalue weighted by atomic mass is 10.1. The predicted octanol–water partition coefficient (Wildman–Crippen LogP) is 1.79. The number of benzene rings is 1. The van der Waals surface area contributed by atoms with Gasteiger partial charge in [0.2, 0.25) is 10.0 Å². The summed E-state index contributed by atoms with van der Waals surface area (Å²) >= 11 is 4.87. The first-order valence-electron chi connectivity index (χ1n) is 6.30. The molecule has 1 aromatic rings. The Morgan fingerprint density at radius 3 is 2.74 bits per heavy atom. The zero-order valence-electron chi connectivity index (χ0n) is 10.8. The zero-order chi connectivity index (χ0) is 14.0. The number of hydrogen-bond acceptors (Lipinski definition) is 3. The Kier molecular flexibility index (Phi) is 4.23. The molecule has 0 heterocycles. The second kappa shape index (κ2) is 5.56. The molecule has 0 saturated heterocycles. The number of nitrogens with one attached hydrogen (secondary N) is 1. The minimum absolute atomic E-state index is 0.0356. The fraction of sp³-hybridized carbons (Fsp3) is 0.462. The third-order valence-corrected chi connectivity index (χ3v) is 5.20. The van der Waals surface area contributed by atoms with Crippen molar-refractivity contribution in [3.63, 3.8) is 0 Å². The van der Waals surface area contributed by atoms with E-state index in [1.807, 2.05) is 0 Å². The molecule has 6 heteroatoms. The van der Waals surface area contributed by atoms with Crippen LogP contribution in [0.25, 0.3) is 0 Å². The van der Waals surface area contributed by atoms with Crippen LogP contribution < -0.4 is 10.5 Å². The molecule has 0 bridgehead atoms. The Labute approximate surface area is 119 Å². The maximum absolute atomic E-state index is 12.3. The molecule has 1 aromatic carbocycles. The standard InChI is InChI=1S/C13H18N2O2S2/c1-9-5-6-11(7-9)15-19(16,17)12-4-2-3-10(8-12)13(14)18/h2-4,8-9,11,15H,5-7H2,1H3,(H2,14,18). The molecule has 1 aliphatic rings. The molecule has 0 aliphatic heterocycles. The van der Waals surface area contributed by atoms with Crippen LogP contribution in [0.1, 0.15) is 31.7 Å². The van der Waals surface area contributed by atoms with Crippen LogP contribution in [-0.2, 0) is 10.0 Å². The van der Waals surface area contributed by atoms with Gasteiger partial charge in [0.15, 0.2) is 0 Å². The maximum atomic E-state index is 12.3. The SMILES string of the molecule is CC1CCC(NS(=O)(=O)c2cccc(C(N)=S)c2)C1.